The van der Waals surface area contributed by atoms with Crippen LogP contribution in [0.4, 0.5) is 0 Å². The summed E-state index contributed by atoms with van der Waals surface area (Å²) in [5.74, 6) is 0.0104. The molecule has 2 heterocycles. The second-order valence-electron chi connectivity index (χ2n) is 5.05. The van der Waals surface area contributed by atoms with E-state index in [-0.39, 0.29) is 24.8 Å². The number of hydrogen-bond donors (Lipinski definition) is 2. The average molecular weight is 365 g/mol. The Morgan fingerprint density at radius 1 is 1.33 bits per heavy atom. The number of fused-ring (bicyclic) bond motifs is 1. The monoisotopic (exact) mass is 364 g/mol. The number of halogens is 1. The normalized spacial score (nSPS) is 12.0. The summed E-state index contributed by atoms with van der Waals surface area (Å²) >= 11 is 1.53. The predicted molar refractivity (Wildman–Crippen MR) is 97.8 cm³/mol. The van der Waals surface area contributed by atoms with Crippen LogP contribution in [-0.4, -0.2) is 26.0 Å². The van der Waals surface area contributed by atoms with Crippen LogP contribution >= 0.6 is 23.7 Å². The maximum atomic E-state index is 10.1. The van der Waals surface area contributed by atoms with Crippen molar-refractivity contribution in [1.82, 2.24) is 9.55 Å². The van der Waals surface area contributed by atoms with Crippen LogP contribution in [0.25, 0.3) is 10.2 Å². The van der Waals surface area contributed by atoms with E-state index in [1.807, 2.05) is 35.9 Å². The fraction of sp³-hybridized carbons (Fsp3) is 0.188. The molecule has 0 radical (unpaired) electrons. The van der Waals surface area contributed by atoms with Crippen LogP contribution < -0.4 is 4.80 Å². The lowest BCUT2D eigenvalue weighted by Crippen LogP contribution is -2.09. The Balaban J connectivity index is 0.00000208. The first-order valence-electron chi connectivity index (χ1n) is 7.01. The number of aryl methyl sites for hydroxylation is 2. The van der Waals surface area contributed by atoms with Gasteiger partial charge in [-0.2, -0.15) is 5.10 Å². The molecular weight excluding hydrogens is 348 g/mol. The summed E-state index contributed by atoms with van der Waals surface area (Å²) in [5.41, 5.74) is 2.52. The molecule has 8 heteroatoms. The molecule has 6 nitrogen and oxygen atoms in total. The van der Waals surface area contributed by atoms with E-state index in [4.69, 9.17) is 0 Å². The molecule has 126 valence electrons. The van der Waals surface area contributed by atoms with Crippen LogP contribution in [0, 0.1) is 6.92 Å². The van der Waals surface area contributed by atoms with Crippen LogP contribution in [0.3, 0.4) is 0 Å². The van der Waals surface area contributed by atoms with E-state index in [2.05, 4.69) is 15.2 Å². The van der Waals surface area contributed by atoms with Crippen LogP contribution in [0.1, 0.15) is 16.8 Å². The maximum Gasteiger partial charge on any atom is 0.211 e. The van der Waals surface area contributed by atoms with Gasteiger partial charge in [-0.1, -0.05) is 23.5 Å². The van der Waals surface area contributed by atoms with Gasteiger partial charge >= 0.3 is 0 Å². The second kappa shape index (κ2) is 7.57. The fourth-order valence-electron chi connectivity index (χ4n) is 2.24. The van der Waals surface area contributed by atoms with Crippen molar-refractivity contribution in [2.45, 2.75) is 13.5 Å². The largest absolute Gasteiger partial charge is 0.505 e. The highest BCUT2D eigenvalue weighted by Gasteiger charge is 2.09. The van der Waals surface area contributed by atoms with Crippen molar-refractivity contribution in [3.63, 3.8) is 0 Å². The molecule has 0 aliphatic heterocycles. The number of benzene rings is 1. The SMILES string of the molecule is Cc1ncc(CO)c(C=NN=c2sc3ccccc3n2C)c1O.Cl. The minimum atomic E-state index is -0.223. The molecule has 0 saturated carbocycles. The molecule has 1 aromatic carbocycles. The summed E-state index contributed by atoms with van der Waals surface area (Å²) in [6.45, 7) is 1.47. The summed E-state index contributed by atoms with van der Waals surface area (Å²) in [7, 11) is 1.93. The van der Waals surface area contributed by atoms with Crippen molar-refractivity contribution in [3.8, 4) is 5.75 Å². The number of aromatic nitrogens is 2. The van der Waals surface area contributed by atoms with Gasteiger partial charge in [-0.05, 0) is 19.1 Å². The molecule has 2 N–H and O–H groups in total. The Bertz CT molecular complexity index is 962. The second-order valence-corrected chi connectivity index (χ2v) is 6.05. The zero-order valence-corrected chi connectivity index (χ0v) is 14.8. The van der Waals surface area contributed by atoms with Crippen LogP contribution in [0.15, 0.2) is 40.7 Å². The molecule has 3 aromatic rings. The van der Waals surface area contributed by atoms with E-state index < -0.39 is 0 Å². The number of nitrogens with zero attached hydrogens (tertiary/aromatic N) is 4. The van der Waals surface area contributed by atoms with Crippen molar-refractivity contribution >= 4 is 40.2 Å². The lowest BCUT2D eigenvalue weighted by molar-refractivity contribution is 0.280. The van der Waals surface area contributed by atoms with Crippen molar-refractivity contribution in [3.05, 3.63) is 52.1 Å². The smallest absolute Gasteiger partial charge is 0.211 e. The molecule has 0 spiro atoms. The highest BCUT2D eigenvalue weighted by molar-refractivity contribution is 7.16. The van der Waals surface area contributed by atoms with Gasteiger partial charge in [0.1, 0.15) is 5.75 Å². The molecule has 2 aromatic heterocycles. The summed E-state index contributed by atoms with van der Waals surface area (Å²) in [6, 6.07) is 8.02. The van der Waals surface area contributed by atoms with Gasteiger partial charge in [-0.25, -0.2) is 0 Å². The zero-order chi connectivity index (χ0) is 16.4. The Morgan fingerprint density at radius 3 is 2.79 bits per heavy atom. The number of aliphatic hydroxyl groups is 1. The number of rotatable bonds is 3. The number of aromatic hydroxyl groups is 1. The van der Waals surface area contributed by atoms with Crippen molar-refractivity contribution in [2.24, 2.45) is 17.3 Å². The van der Waals surface area contributed by atoms with Gasteiger partial charge in [-0.15, -0.1) is 17.5 Å². The summed E-state index contributed by atoms with van der Waals surface area (Å²) in [4.78, 5) is 4.76. The minimum absolute atomic E-state index is 0. The molecule has 0 fully saturated rings. The Labute approximate surface area is 148 Å². The van der Waals surface area contributed by atoms with Gasteiger partial charge in [0.25, 0.3) is 0 Å². The maximum absolute atomic E-state index is 10.1. The first-order chi connectivity index (χ1) is 11.1. The third-order valence-corrected chi connectivity index (χ3v) is 4.68. The van der Waals surface area contributed by atoms with Gasteiger partial charge in [-0.3, -0.25) is 4.98 Å². The van der Waals surface area contributed by atoms with Gasteiger partial charge in [0.2, 0.25) is 4.80 Å². The molecule has 0 atom stereocenters. The molecule has 0 saturated heterocycles. The molecular formula is C16H17ClN4O2S. The Kier molecular flexibility index (Phi) is 5.71. The lowest BCUT2D eigenvalue weighted by Gasteiger charge is -2.06. The molecule has 0 aliphatic carbocycles. The molecule has 3 rings (SSSR count). The third-order valence-electron chi connectivity index (χ3n) is 3.57. The number of pyridine rings is 1. The Hall–Kier alpha value is -2.22. The van der Waals surface area contributed by atoms with Crippen molar-refractivity contribution < 1.29 is 10.2 Å². The van der Waals surface area contributed by atoms with Crippen LogP contribution in [-0.2, 0) is 13.7 Å². The number of aliphatic hydroxyl groups excluding tert-OH is 1. The van der Waals surface area contributed by atoms with E-state index in [1.165, 1.54) is 23.7 Å². The van der Waals surface area contributed by atoms with Gasteiger partial charge in [0, 0.05) is 24.4 Å². The Morgan fingerprint density at radius 2 is 2.08 bits per heavy atom. The van der Waals surface area contributed by atoms with Crippen molar-refractivity contribution in [2.75, 3.05) is 0 Å². The van der Waals surface area contributed by atoms with Gasteiger partial charge in [0.15, 0.2) is 0 Å². The van der Waals surface area contributed by atoms with Gasteiger partial charge in [0.05, 0.1) is 28.7 Å². The topological polar surface area (TPSA) is 83.0 Å². The summed E-state index contributed by atoms with van der Waals surface area (Å²) < 4.78 is 3.09. The molecule has 0 amide bonds. The summed E-state index contributed by atoms with van der Waals surface area (Å²) in [6.07, 6.45) is 2.97. The van der Waals surface area contributed by atoms with E-state index in [0.29, 0.717) is 16.8 Å². The predicted octanol–water partition coefficient (Wildman–Crippen LogP) is 2.50. The third kappa shape index (κ3) is 3.33. The lowest BCUT2D eigenvalue weighted by atomic mass is 10.1. The molecule has 0 aliphatic rings. The molecule has 0 bridgehead atoms. The quantitative estimate of drug-likeness (QED) is 0.553. The van der Waals surface area contributed by atoms with E-state index in [1.54, 1.807) is 6.92 Å². The zero-order valence-electron chi connectivity index (χ0n) is 13.2. The van der Waals surface area contributed by atoms with Crippen LogP contribution in [0.2, 0.25) is 0 Å². The first kappa shape index (κ1) is 18.1. The van der Waals surface area contributed by atoms with Crippen molar-refractivity contribution in [1.29, 1.82) is 0 Å². The van der Waals surface area contributed by atoms with E-state index in [9.17, 15) is 10.2 Å². The fourth-order valence-corrected chi connectivity index (χ4v) is 3.21. The highest BCUT2D eigenvalue weighted by Crippen LogP contribution is 2.22. The number of thiazole rings is 1. The van der Waals surface area contributed by atoms with Gasteiger partial charge < -0.3 is 14.8 Å². The standard InChI is InChI=1S/C16H16N4O2S.ClH/c1-10-15(22)12(11(9-21)7-17-10)8-18-19-16-20(2)13-5-3-4-6-14(13)23-16;/h3-8,21-22H,9H2,1-2H3;1H. The number of hydrogen-bond acceptors (Lipinski definition) is 6. The average Bonchev–Trinajstić information content (AvgIpc) is 2.88. The van der Waals surface area contributed by atoms with Crippen LogP contribution in [0.5, 0.6) is 5.75 Å². The first-order valence-corrected chi connectivity index (χ1v) is 7.83. The summed E-state index contributed by atoms with van der Waals surface area (Å²) in [5, 5.41) is 27.7. The molecule has 24 heavy (non-hydrogen) atoms. The van der Waals surface area contributed by atoms with E-state index in [0.717, 1.165) is 15.0 Å². The highest BCUT2D eigenvalue weighted by atomic mass is 35.5. The molecule has 0 unspecified atom stereocenters. The van der Waals surface area contributed by atoms with E-state index >= 15 is 0 Å². The minimum Gasteiger partial charge on any atom is -0.505 e. The number of para-hydroxylation sites is 1.